The molecule has 6 rings (SSSR count). The molecule has 3 fully saturated rings. The molecule has 3 saturated heterocycles. The Balaban J connectivity index is 0.984. The Labute approximate surface area is 348 Å². The highest BCUT2D eigenvalue weighted by molar-refractivity contribution is 5.88. The van der Waals surface area contributed by atoms with Crippen molar-refractivity contribution in [1.82, 2.24) is 20.9 Å². The molecule has 0 aliphatic carbocycles. The molecule has 0 radical (unpaired) electrons. The van der Waals surface area contributed by atoms with Gasteiger partial charge < -0.3 is 81.7 Å². The minimum Gasteiger partial charge on any atom is -0.490 e. The van der Waals surface area contributed by atoms with E-state index >= 15 is 0 Å². The van der Waals surface area contributed by atoms with Crippen LogP contribution in [-0.2, 0) is 41.3 Å². The number of hydrogen-bond acceptors (Lipinski definition) is 16. The SMILES string of the molecule is NCC1OC(OC(C(NCCCC(=O)NCc2ccc(N3CCC(Oc4ccc(C(F)(F)F)cc4)CC3)cc2)C(N)=O)C2OC(N3C=CC(=O)NC3O)C(O)C2O)C(O)C1O. The van der Waals surface area contributed by atoms with Crippen LogP contribution in [-0.4, -0.2) is 148 Å². The van der Waals surface area contributed by atoms with Crippen LogP contribution in [0.4, 0.5) is 18.9 Å². The number of hydrogen-bond donors (Lipinski definition) is 10. The van der Waals surface area contributed by atoms with Gasteiger partial charge in [-0.25, -0.2) is 0 Å². The standard InChI is InChI=1S/C39H52F3N7O12/c40-39(41,42)21-5-9-23(10-6-21)58-24-11-15-48(16-12-24)22-7-3-20(4-8-22)19-46-26(50)2-1-14-45-28(35(44)56)33(61-37-32(55)29(52)25(18-43)59-37)34-30(53)31(54)36(60-34)49-17-13-27(51)47-38(49)57/h3-10,13,17,24-25,28-34,36-38,45,52-55,57H,1-2,11-12,14-16,18-19,43H2,(H2,44,56)(H,46,50)(H,47,51). The fourth-order valence-corrected chi connectivity index (χ4v) is 7.58. The molecule has 336 valence electrons. The molecule has 0 aromatic heterocycles. The summed E-state index contributed by atoms with van der Waals surface area (Å²) in [5.41, 5.74) is 12.5. The van der Waals surface area contributed by atoms with Gasteiger partial charge in [-0.05, 0) is 54.9 Å². The van der Waals surface area contributed by atoms with Gasteiger partial charge in [-0.1, -0.05) is 12.1 Å². The molecule has 0 bridgehead atoms. The monoisotopic (exact) mass is 867 g/mol. The fourth-order valence-electron chi connectivity index (χ4n) is 7.58. The minimum absolute atomic E-state index is 0.0121. The Bertz CT molecular complexity index is 1820. The lowest BCUT2D eigenvalue weighted by atomic mass is 9.98. The largest absolute Gasteiger partial charge is 0.490 e. The number of primary amides is 1. The van der Waals surface area contributed by atoms with Crippen molar-refractivity contribution in [2.24, 2.45) is 11.5 Å². The van der Waals surface area contributed by atoms with Crippen LogP contribution in [0, 0.1) is 0 Å². The number of anilines is 1. The first kappa shape index (κ1) is 45.9. The van der Waals surface area contributed by atoms with Crippen molar-refractivity contribution in [1.29, 1.82) is 0 Å². The van der Waals surface area contributed by atoms with Gasteiger partial charge in [0.1, 0.15) is 60.6 Å². The van der Waals surface area contributed by atoms with Gasteiger partial charge in [-0.15, -0.1) is 0 Å². The smallest absolute Gasteiger partial charge is 0.416 e. The number of rotatable bonds is 17. The summed E-state index contributed by atoms with van der Waals surface area (Å²) in [6.07, 6.45) is -16.3. The average Bonchev–Trinajstić information content (AvgIpc) is 3.68. The number of ether oxygens (including phenoxy) is 4. The predicted octanol–water partition coefficient (Wildman–Crippen LogP) is -1.95. The molecule has 0 saturated carbocycles. The molecular weight excluding hydrogens is 815 g/mol. The summed E-state index contributed by atoms with van der Waals surface area (Å²) < 4.78 is 61.9. The van der Waals surface area contributed by atoms with Gasteiger partial charge in [0.05, 0.1) is 5.56 Å². The number of aliphatic hydroxyl groups excluding tert-OH is 5. The van der Waals surface area contributed by atoms with E-state index in [0.29, 0.717) is 31.7 Å². The first-order valence-corrected chi connectivity index (χ1v) is 19.8. The summed E-state index contributed by atoms with van der Waals surface area (Å²) in [6.45, 7) is 1.42. The number of carbonyl (C=O) groups excluding carboxylic acids is 3. The molecule has 3 amide bonds. The van der Waals surface area contributed by atoms with Crippen molar-refractivity contribution in [2.45, 2.75) is 112 Å². The molecule has 19 nitrogen and oxygen atoms in total. The van der Waals surface area contributed by atoms with Crippen LogP contribution in [0.3, 0.4) is 0 Å². The van der Waals surface area contributed by atoms with Crippen molar-refractivity contribution < 1.29 is 72.0 Å². The molecule has 22 heteroatoms. The maximum atomic E-state index is 12.9. The molecule has 0 spiro atoms. The van der Waals surface area contributed by atoms with Gasteiger partial charge in [0.2, 0.25) is 24.1 Å². The van der Waals surface area contributed by atoms with E-state index in [9.17, 15) is 53.1 Å². The molecule has 4 aliphatic heterocycles. The van der Waals surface area contributed by atoms with Crippen molar-refractivity contribution in [3.05, 3.63) is 71.9 Å². The normalized spacial score (nSPS) is 29.3. The molecule has 2 aromatic rings. The summed E-state index contributed by atoms with van der Waals surface area (Å²) in [6, 6.07) is 10.8. The van der Waals surface area contributed by atoms with Gasteiger partial charge in [-0.3, -0.25) is 14.4 Å². The number of alkyl halides is 3. The van der Waals surface area contributed by atoms with E-state index in [2.05, 4.69) is 20.9 Å². The third-order valence-electron chi connectivity index (χ3n) is 11.0. The van der Waals surface area contributed by atoms with Crippen LogP contribution in [0.25, 0.3) is 0 Å². The van der Waals surface area contributed by atoms with Gasteiger partial charge in [0.15, 0.2) is 12.5 Å². The Kier molecular flexibility index (Phi) is 15.1. The number of aliphatic hydroxyl groups is 5. The van der Waals surface area contributed by atoms with Gasteiger partial charge in [0, 0.05) is 63.4 Å². The van der Waals surface area contributed by atoms with Gasteiger partial charge in [0.25, 0.3) is 0 Å². The second-order valence-electron chi connectivity index (χ2n) is 15.2. The Morgan fingerprint density at radius 3 is 2.25 bits per heavy atom. The van der Waals surface area contributed by atoms with Crippen LogP contribution in [0.5, 0.6) is 5.75 Å². The number of nitrogens with two attached hydrogens (primary N) is 2. The van der Waals surface area contributed by atoms with E-state index < -0.39 is 91.2 Å². The van der Waals surface area contributed by atoms with Crippen LogP contribution in [0.1, 0.15) is 36.8 Å². The maximum absolute atomic E-state index is 12.9. The first-order chi connectivity index (χ1) is 29.0. The zero-order chi connectivity index (χ0) is 44.0. The van der Waals surface area contributed by atoms with Gasteiger partial charge in [-0.2, -0.15) is 13.2 Å². The average molecular weight is 868 g/mol. The summed E-state index contributed by atoms with van der Waals surface area (Å²) >= 11 is 0. The van der Waals surface area contributed by atoms with E-state index in [4.69, 9.17) is 30.4 Å². The highest BCUT2D eigenvalue weighted by Gasteiger charge is 2.55. The number of nitrogens with zero attached hydrogens (tertiary/aromatic N) is 2. The summed E-state index contributed by atoms with van der Waals surface area (Å²) in [4.78, 5) is 40.6. The summed E-state index contributed by atoms with van der Waals surface area (Å²) in [5.74, 6) is -1.54. The summed E-state index contributed by atoms with van der Waals surface area (Å²) in [5, 5.41) is 61.4. The minimum atomic E-state index is -4.41. The Morgan fingerprint density at radius 1 is 0.951 bits per heavy atom. The zero-order valence-electron chi connectivity index (χ0n) is 32.8. The molecular formula is C39H52F3N7O12. The maximum Gasteiger partial charge on any atom is 0.416 e. The molecule has 12 N–H and O–H groups in total. The van der Waals surface area contributed by atoms with E-state index in [1.165, 1.54) is 12.1 Å². The lowest BCUT2D eigenvalue weighted by Gasteiger charge is -2.36. The van der Waals surface area contributed by atoms with Crippen LogP contribution in [0.2, 0.25) is 0 Å². The summed E-state index contributed by atoms with van der Waals surface area (Å²) in [7, 11) is 0. The second-order valence-corrected chi connectivity index (χ2v) is 15.2. The van der Waals surface area contributed by atoms with E-state index in [1.54, 1.807) is 0 Å². The van der Waals surface area contributed by atoms with E-state index in [-0.39, 0.29) is 44.5 Å². The number of carbonyl (C=O) groups is 3. The lowest BCUT2D eigenvalue weighted by Crippen LogP contribution is -2.59. The van der Waals surface area contributed by atoms with Gasteiger partial charge >= 0.3 is 6.18 Å². The number of nitrogens with one attached hydrogen (secondary N) is 3. The number of benzene rings is 2. The van der Waals surface area contributed by atoms with Crippen LogP contribution in [0.15, 0.2) is 60.8 Å². The van der Waals surface area contributed by atoms with Crippen molar-refractivity contribution in [3.8, 4) is 5.75 Å². The zero-order valence-corrected chi connectivity index (χ0v) is 32.8. The Hall–Kier alpha value is -4.62. The topological polar surface area (TPSA) is 284 Å². The number of halogens is 3. The number of amides is 3. The molecule has 4 heterocycles. The molecule has 11 atom stereocenters. The quantitative estimate of drug-likeness (QED) is 0.0774. The number of piperidine rings is 1. The third-order valence-corrected chi connectivity index (χ3v) is 11.0. The highest BCUT2D eigenvalue weighted by atomic mass is 19.4. The van der Waals surface area contributed by atoms with Crippen molar-refractivity contribution in [3.63, 3.8) is 0 Å². The van der Waals surface area contributed by atoms with Crippen molar-refractivity contribution >= 4 is 23.4 Å². The molecule has 11 unspecified atom stereocenters. The molecule has 61 heavy (non-hydrogen) atoms. The van der Waals surface area contributed by atoms with Crippen LogP contribution >= 0.6 is 0 Å². The fraction of sp³-hybridized carbons (Fsp3) is 0.564. The Morgan fingerprint density at radius 2 is 1.64 bits per heavy atom. The first-order valence-electron chi connectivity index (χ1n) is 19.8. The van der Waals surface area contributed by atoms with E-state index in [0.717, 1.165) is 40.6 Å². The highest BCUT2D eigenvalue weighted by Crippen LogP contribution is 2.34. The molecule has 2 aromatic carbocycles. The lowest BCUT2D eigenvalue weighted by molar-refractivity contribution is -0.230. The predicted molar refractivity (Wildman–Crippen MR) is 206 cm³/mol. The molecule has 4 aliphatic rings. The van der Waals surface area contributed by atoms with E-state index in [1.807, 2.05) is 24.3 Å². The second kappa shape index (κ2) is 20.0. The third kappa shape index (κ3) is 11.3. The van der Waals surface area contributed by atoms with Crippen LogP contribution < -0.4 is 37.1 Å². The van der Waals surface area contributed by atoms with Crippen molar-refractivity contribution in [2.75, 3.05) is 31.1 Å².